The van der Waals surface area contributed by atoms with E-state index in [0.29, 0.717) is 22.4 Å². The Morgan fingerprint density at radius 1 is 0.495 bits per heavy atom. The minimum Gasteiger partial charge on any atom is -0.311 e. The van der Waals surface area contributed by atoms with Gasteiger partial charge in [-0.15, -0.1) is 22.7 Å². The molecule has 0 unspecified atom stereocenters. The summed E-state index contributed by atoms with van der Waals surface area (Å²) in [5.41, 5.74) is 16.4. The monoisotopic (exact) mass is 1260 g/mol. The number of benzene rings is 10. The molecule has 2 aliphatic heterocycles. The Balaban J connectivity index is 0.646. The number of allylic oxidation sites excluding steroid dienone is 1. The zero-order chi connectivity index (χ0) is 63.3. The first-order valence-corrected chi connectivity index (χ1v) is 32.6. The zero-order valence-electron chi connectivity index (χ0n) is 50.3. The molecule has 0 fully saturated rings. The van der Waals surface area contributed by atoms with Crippen LogP contribution in [0.2, 0.25) is 0 Å². The van der Waals surface area contributed by atoms with Gasteiger partial charge in [-0.1, -0.05) is 97.1 Å². The quantitative estimate of drug-likeness (QED) is 0.0525. The minimum atomic E-state index is -1.50. The molecule has 0 N–H and O–H groups in total. The van der Waals surface area contributed by atoms with Gasteiger partial charge in [0.2, 0.25) is 16.7 Å². The third-order valence-electron chi connectivity index (χ3n) is 18.1. The Hall–Kier alpha value is -12.4. The van der Waals surface area contributed by atoms with Crippen LogP contribution in [0.5, 0.6) is 0 Å². The van der Waals surface area contributed by atoms with E-state index in [1.165, 1.54) is 10.8 Å². The van der Waals surface area contributed by atoms with Gasteiger partial charge in [0.1, 0.15) is 10.0 Å². The number of halogens is 1. The van der Waals surface area contributed by atoms with Crippen LogP contribution in [-0.2, 0) is 0 Å². The highest BCUT2D eigenvalue weighted by molar-refractivity contribution is 7.13. The fraction of sp³-hybridized carbons (Fsp3) is 0. The van der Waals surface area contributed by atoms with E-state index >= 15 is 4.32 Å². The number of thiazole rings is 2. The normalized spacial score (nSPS) is 12.4. The maximum absolute atomic E-state index is 16.9. The van der Waals surface area contributed by atoms with Gasteiger partial charge in [0, 0.05) is 113 Å². The number of pyridine rings is 2. The number of nitriles is 1. The topological polar surface area (TPSA) is 103 Å². The minimum absolute atomic E-state index is 0.240. The molecule has 0 atom stereocenters. The van der Waals surface area contributed by atoms with Crippen molar-refractivity contribution in [3.05, 3.63) is 312 Å². The molecule has 12 nitrogen and oxygen atoms in total. The van der Waals surface area contributed by atoms with Crippen molar-refractivity contribution in [2.75, 3.05) is 9.80 Å². The van der Waals surface area contributed by atoms with Crippen LogP contribution in [0.4, 0.5) is 50.1 Å². The summed E-state index contributed by atoms with van der Waals surface area (Å²) in [6, 6.07) is 84.4. The number of rotatable bonds is 12. The van der Waals surface area contributed by atoms with Crippen LogP contribution in [0.3, 0.4) is 0 Å². The third-order valence-corrected chi connectivity index (χ3v) is 19.7. The maximum Gasteiger partial charge on any atom is 0.727 e. The van der Waals surface area contributed by atoms with Crippen LogP contribution in [0.25, 0.3) is 103 Å². The summed E-state index contributed by atoms with van der Waals surface area (Å²) < 4.78 is 24.5. The lowest BCUT2D eigenvalue weighted by Crippen LogP contribution is -2.58. The smallest absolute Gasteiger partial charge is 0.311 e. The lowest BCUT2D eigenvalue weighted by molar-refractivity contribution is -0.535. The molecule has 1 radical (unpaired) electrons. The van der Waals surface area contributed by atoms with E-state index in [1.54, 1.807) is 37.8 Å². The summed E-state index contributed by atoms with van der Waals surface area (Å²) in [7, 11) is 0.622. The van der Waals surface area contributed by atoms with Crippen LogP contribution in [-0.4, -0.2) is 33.7 Å². The molecule has 2 aliphatic rings. The number of hydrogen-bond donors (Lipinski definition) is 0. The molecule has 0 saturated heterocycles. The summed E-state index contributed by atoms with van der Waals surface area (Å²) >= 11 is 3.18. The van der Waals surface area contributed by atoms with Crippen molar-refractivity contribution >= 4 is 138 Å². The molecule has 6 aromatic heterocycles. The van der Waals surface area contributed by atoms with Crippen molar-refractivity contribution in [2.24, 2.45) is 9.98 Å². The van der Waals surface area contributed by atoms with Gasteiger partial charge in [-0.05, 0) is 176 Å². The number of anilines is 6. The molecule has 16 aromatic rings. The average Bonchev–Trinajstić information content (AvgIpc) is 1.58. The lowest BCUT2D eigenvalue weighted by Gasteiger charge is -2.26. The first-order valence-electron chi connectivity index (χ1n) is 30.8. The highest BCUT2D eigenvalue weighted by Crippen LogP contribution is 2.42. The molecule has 8 heterocycles. The molecule has 441 valence electrons. The van der Waals surface area contributed by atoms with Gasteiger partial charge in [-0.3, -0.25) is 13.3 Å². The van der Waals surface area contributed by atoms with Crippen molar-refractivity contribution in [1.82, 2.24) is 18.9 Å². The van der Waals surface area contributed by atoms with E-state index in [-0.39, 0.29) is 11.3 Å². The first kappa shape index (κ1) is 55.4. The summed E-state index contributed by atoms with van der Waals surface area (Å²) in [4.78, 5) is 27.6. The molecule has 0 saturated carbocycles. The molecule has 0 aliphatic carbocycles. The van der Waals surface area contributed by atoms with E-state index in [0.717, 1.165) is 121 Å². The maximum atomic E-state index is 16.9. The standard InChI is InChI=1S/C78H46B2FN12S2/c1-83-74(54-20-34-62(35-21-54)91(64-38-24-56(25-39-64)78-85-43-45-95-78)59-28-14-49(15-29-59)57-26-40-70-86-75-65-10-2-6-52-8-4-12-68(72(52)65)92(75)79-88(70)47-57)67(46-82)51-18-32-61(33-19-51)90(63-36-22-55(23-37-63)77-84-42-44-94-77)60-30-16-50(17-31-60)58-27-41-71-87-76-66-11-3-7-53-9-5-13-69(73(53)66)93(76)80(81)89(71)48-58/h2-45,47-48H/q+2/b74-67-. The van der Waals surface area contributed by atoms with Gasteiger partial charge < -0.3 is 14.3 Å². The molecule has 18 rings (SSSR count). The van der Waals surface area contributed by atoms with Crippen molar-refractivity contribution in [1.29, 1.82) is 5.26 Å². The van der Waals surface area contributed by atoms with Crippen molar-refractivity contribution in [3.63, 3.8) is 0 Å². The number of fused-ring (bicyclic) bond motifs is 8. The highest BCUT2D eigenvalue weighted by atomic mass is 32.1. The molecule has 17 heteroatoms. The van der Waals surface area contributed by atoms with E-state index in [9.17, 15) is 5.26 Å². The molecular formula is C78H46B2FN12S2+2. The van der Waals surface area contributed by atoms with Gasteiger partial charge >= 0.3 is 26.4 Å². The second-order valence-electron chi connectivity index (χ2n) is 23.3. The fourth-order valence-corrected chi connectivity index (χ4v) is 14.8. The van der Waals surface area contributed by atoms with Crippen LogP contribution in [0.15, 0.2) is 288 Å². The molecule has 95 heavy (non-hydrogen) atoms. The Kier molecular flexibility index (Phi) is 13.1. The van der Waals surface area contributed by atoms with E-state index in [1.807, 2.05) is 120 Å². The van der Waals surface area contributed by atoms with E-state index in [2.05, 4.69) is 199 Å². The van der Waals surface area contributed by atoms with E-state index < -0.39 is 7.26 Å². The number of hydrogen-bond acceptors (Lipinski definition) is 9. The summed E-state index contributed by atoms with van der Waals surface area (Å²) in [5, 5.41) is 23.3. The summed E-state index contributed by atoms with van der Waals surface area (Å²) in [5.74, 6) is 1.39. The predicted octanol–water partition coefficient (Wildman–Crippen LogP) is 17.6. The number of aromatic nitrogens is 6. The molecule has 10 aromatic carbocycles. The van der Waals surface area contributed by atoms with Crippen molar-refractivity contribution in [3.8, 4) is 49.5 Å². The number of nitrogens with zero attached hydrogens (tertiary/aromatic N) is 12. The first-order chi connectivity index (χ1) is 46.9. The summed E-state index contributed by atoms with van der Waals surface area (Å²) in [6.07, 6.45) is 7.59. The van der Waals surface area contributed by atoms with E-state index in [4.69, 9.17) is 16.6 Å². The lowest BCUT2D eigenvalue weighted by atomic mass is 9.99. The second kappa shape index (κ2) is 22.5. The van der Waals surface area contributed by atoms with Gasteiger partial charge in [-0.2, -0.15) is 5.26 Å². The van der Waals surface area contributed by atoms with Crippen molar-refractivity contribution < 1.29 is 13.3 Å². The second-order valence-corrected chi connectivity index (χ2v) is 25.1. The molecule has 0 spiro atoms. The average molecular weight is 1260 g/mol. The Morgan fingerprint density at radius 2 is 0.937 bits per heavy atom. The Labute approximate surface area is 552 Å². The van der Waals surface area contributed by atoms with Crippen LogP contribution < -0.4 is 29.7 Å². The summed E-state index contributed by atoms with van der Waals surface area (Å²) in [6.45, 7) is 8.55. The molecule has 0 amide bonds. The van der Waals surface area contributed by atoms with Gasteiger partial charge in [0.15, 0.2) is 0 Å². The van der Waals surface area contributed by atoms with Crippen LogP contribution >= 0.6 is 22.7 Å². The Bertz CT molecular complexity index is 5950. The van der Waals surface area contributed by atoms with Crippen LogP contribution in [0, 0.1) is 17.9 Å². The largest absolute Gasteiger partial charge is 0.727 e. The van der Waals surface area contributed by atoms with Gasteiger partial charge in [0.05, 0.1) is 41.4 Å². The fourth-order valence-electron chi connectivity index (χ4n) is 13.5. The van der Waals surface area contributed by atoms with Crippen LogP contribution in [0.1, 0.15) is 11.1 Å². The SMILES string of the molecule is [C-]#[N+]/C(=C(/C#N)c1ccc(N(c2ccc(-c3ccc4[n+](c3)B(F)n3c(c5cccc6cccc3c65)=N4)cc2)c2ccc(-c3nccs3)cc2)cc1)c1ccc(N(c2ccc(-c3ccc4[n+](c3)[B]n3c(c5cccc6cccc3c65)=N4)cc2)c2ccc(-c3nccs3)cc2)cc1. The van der Waals surface area contributed by atoms with Gasteiger partial charge in [0.25, 0.3) is 0 Å². The highest BCUT2D eigenvalue weighted by Gasteiger charge is 2.40. The van der Waals surface area contributed by atoms with Gasteiger partial charge in [-0.25, -0.2) is 19.3 Å². The zero-order valence-corrected chi connectivity index (χ0v) is 51.9. The molecular weight excluding hydrogens is 1210 g/mol. The molecule has 0 bridgehead atoms. The van der Waals surface area contributed by atoms with Crippen molar-refractivity contribution in [2.45, 2.75) is 0 Å². The third kappa shape index (κ3) is 9.31. The predicted molar refractivity (Wildman–Crippen MR) is 381 cm³/mol. The Morgan fingerprint density at radius 3 is 1.45 bits per heavy atom.